The predicted octanol–water partition coefficient (Wildman–Crippen LogP) is 2.55. The molecule has 0 aliphatic carbocycles. The molecule has 1 unspecified atom stereocenters. The monoisotopic (exact) mass is 247 g/mol. The lowest BCUT2D eigenvalue weighted by atomic mass is 10.1. The minimum Gasteiger partial charge on any atom is -0.481 e. The largest absolute Gasteiger partial charge is 0.481 e. The lowest BCUT2D eigenvalue weighted by Gasteiger charge is -2.15. The maximum atomic E-state index is 10.6. The van der Waals surface area contributed by atoms with Gasteiger partial charge in [-0.15, -0.1) is 0 Å². The first kappa shape index (κ1) is 13.1. The average molecular weight is 247 g/mol. The molecule has 1 aliphatic heterocycles. The predicted molar refractivity (Wildman–Crippen MR) is 71.5 cm³/mol. The minimum absolute atomic E-state index is 0.113. The second kappa shape index (κ2) is 6.01. The van der Waals surface area contributed by atoms with Crippen LogP contribution in [0.15, 0.2) is 24.3 Å². The summed E-state index contributed by atoms with van der Waals surface area (Å²) >= 11 is 0. The first-order valence-corrected chi connectivity index (χ1v) is 6.69. The fourth-order valence-electron chi connectivity index (χ4n) is 2.59. The summed E-state index contributed by atoms with van der Waals surface area (Å²) < 4.78 is 0. The standard InChI is InChI=1S/C15H21NO2/c1-2-12-7-8-16(10-12)11-14-5-3-13(4-6-14)9-15(17)18/h3-6,12H,2,7-11H2,1H3,(H,17,18). The van der Waals surface area contributed by atoms with Crippen LogP contribution >= 0.6 is 0 Å². The van der Waals surface area contributed by atoms with Crippen LogP contribution in [0.3, 0.4) is 0 Å². The molecule has 0 radical (unpaired) electrons. The molecule has 0 spiro atoms. The van der Waals surface area contributed by atoms with Gasteiger partial charge in [0.05, 0.1) is 6.42 Å². The van der Waals surface area contributed by atoms with Crippen LogP contribution in [-0.2, 0) is 17.8 Å². The lowest BCUT2D eigenvalue weighted by molar-refractivity contribution is -0.136. The minimum atomic E-state index is -0.770. The Balaban J connectivity index is 1.88. The first-order valence-electron chi connectivity index (χ1n) is 6.69. The van der Waals surface area contributed by atoms with Gasteiger partial charge in [0.1, 0.15) is 0 Å². The lowest BCUT2D eigenvalue weighted by Crippen LogP contribution is -2.19. The zero-order chi connectivity index (χ0) is 13.0. The van der Waals surface area contributed by atoms with E-state index in [-0.39, 0.29) is 6.42 Å². The number of nitrogens with zero attached hydrogens (tertiary/aromatic N) is 1. The third kappa shape index (κ3) is 3.57. The summed E-state index contributed by atoms with van der Waals surface area (Å²) in [5.74, 6) is 0.0874. The third-order valence-electron chi connectivity index (χ3n) is 3.73. The normalized spacial score (nSPS) is 20.2. The second-order valence-corrected chi connectivity index (χ2v) is 5.19. The van der Waals surface area contributed by atoms with Gasteiger partial charge in [-0.3, -0.25) is 9.69 Å². The van der Waals surface area contributed by atoms with Gasteiger partial charge in [0.2, 0.25) is 0 Å². The zero-order valence-corrected chi connectivity index (χ0v) is 10.9. The van der Waals surface area contributed by atoms with E-state index in [2.05, 4.69) is 24.0 Å². The van der Waals surface area contributed by atoms with Crippen molar-refractivity contribution in [3.63, 3.8) is 0 Å². The second-order valence-electron chi connectivity index (χ2n) is 5.19. The van der Waals surface area contributed by atoms with Gasteiger partial charge in [0.25, 0.3) is 0 Å². The van der Waals surface area contributed by atoms with Crippen molar-refractivity contribution in [2.24, 2.45) is 5.92 Å². The Kier molecular flexibility index (Phi) is 4.37. The van der Waals surface area contributed by atoms with Crippen molar-refractivity contribution in [1.29, 1.82) is 0 Å². The van der Waals surface area contributed by atoms with Crippen LogP contribution in [0.2, 0.25) is 0 Å². The number of benzene rings is 1. The highest BCUT2D eigenvalue weighted by molar-refractivity contribution is 5.70. The van der Waals surface area contributed by atoms with Gasteiger partial charge in [0.15, 0.2) is 0 Å². The van der Waals surface area contributed by atoms with E-state index >= 15 is 0 Å². The maximum absolute atomic E-state index is 10.6. The Morgan fingerprint density at radius 1 is 1.33 bits per heavy atom. The fourth-order valence-corrected chi connectivity index (χ4v) is 2.59. The van der Waals surface area contributed by atoms with Gasteiger partial charge in [-0.25, -0.2) is 0 Å². The Morgan fingerprint density at radius 3 is 2.56 bits per heavy atom. The molecule has 3 heteroatoms. The number of carboxylic acids is 1. The molecule has 1 atom stereocenters. The molecule has 1 aromatic rings. The highest BCUT2D eigenvalue weighted by Crippen LogP contribution is 2.21. The van der Waals surface area contributed by atoms with Crippen molar-refractivity contribution in [1.82, 2.24) is 4.90 Å². The number of aliphatic carboxylic acids is 1. The van der Waals surface area contributed by atoms with Crippen LogP contribution in [-0.4, -0.2) is 29.1 Å². The van der Waals surface area contributed by atoms with Crippen molar-refractivity contribution in [2.75, 3.05) is 13.1 Å². The molecule has 1 aromatic carbocycles. The maximum Gasteiger partial charge on any atom is 0.307 e. The molecular formula is C15H21NO2. The summed E-state index contributed by atoms with van der Waals surface area (Å²) in [4.78, 5) is 13.1. The number of hydrogen-bond donors (Lipinski definition) is 1. The van der Waals surface area contributed by atoms with Crippen LogP contribution in [0.1, 0.15) is 30.9 Å². The number of carbonyl (C=O) groups is 1. The fraction of sp³-hybridized carbons (Fsp3) is 0.533. The first-order chi connectivity index (χ1) is 8.67. The van der Waals surface area contributed by atoms with E-state index in [1.54, 1.807) is 0 Å². The van der Waals surface area contributed by atoms with E-state index in [1.807, 2.05) is 12.1 Å². The number of carboxylic acid groups (broad SMARTS) is 1. The number of likely N-dealkylation sites (tertiary alicyclic amines) is 1. The number of rotatable bonds is 5. The molecule has 0 saturated carbocycles. The zero-order valence-electron chi connectivity index (χ0n) is 10.9. The van der Waals surface area contributed by atoms with E-state index in [1.165, 1.54) is 31.5 Å². The molecule has 1 saturated heterocycles. The quantitative estimate of drug-likeness (QED) is 0.869. The Morgan fingerprint density at radius 2 is 2.00 bits per heavy atom. The molecule has 0 aromatic heterocycles. The van der Waals surface area contributed by atoms with E-state index in [4.69, 9.17) is 5.11 Å². The van der Waals surface area contributed by atoms with Crippen LogP contribution < -0.4 is 0 Å². The molecule has 3 nitrogen and oxygen atoms in total. The summed E-state index contributed by atoms with van der Waals surface area (Å²) in [6.07, 6.45) is 2.70. The molecule has 0 bridgehead atoms. The summed E-state index contributed by atoms with van der Waals surface area (Å²) in [6, 6.07) is 7.96. The number of hydrogen-bond acceptors (Lipinski definition) is 2. The summed E-state index contributed by atoms with van der Waals surface area (Å²) in [7, 11) is 0. The van der Waals surface area contributed by atoms with E-state index in [0.29, 0.717) is 0 Å². The Hall–Kier alpha value is -1.35. The van der Waals surface area contributed by atoms with Crippen LogP contribution in [0.25, 0.3) is 0 Å². The highest BCUT2D eigenvalue weighted by Gasteiger charge is 2.20. The third-order valence-corrected chi connectivity index (χ3v) is 3.73. The highest BCUT2D eigenvalue weighted by atomic mass is 16.4. The molecule has 2 rings (SSSR count). The molecular weight excluding hydrogens is 226 g/mol. The molecule has 0 amide bonds. The van der Waals surface area contributed by atoms with Crippen molar-refractivity contribution < 1.29 is 9.90 Å². The molecule has 1 fully saturated rings. The van der Waals surface area contributed by atoms with Crippen LogP contribution in [0, 0.1) is 5.92 Å². The molecule has 1 heterocycles. The van der Waals surface area contributed by atoms with Crippen molar-refractivity contribution in [3.05, 3.63) is 35.4 Å². The average Bonchev–Trinajstić information content (AvgIpc) is 2.79. The van der Waals surface area contributed by atoms with E-state index in [0.717, 1.165) is 18.0 Å². The van der Waals surface area contributed by atoms with Crippen LogP contribution in [0.5, 0.6) is 0 Å². The summed E-state index contributed by atoms with van der Waals surface area (Å²) in [6.45, 7) is 5.64. The smallest absolute Gasteiger partial charge is 0.307 e. The van der Waals surface area contributed by atoms with Crippen molar-refractivity contribution in [3.8, 4) is 0 Å². The molecule has 1 N–H and O–H groups in total. The Bertz CT molecular complexity index is 399. The molecule has 98 valence electrons. The van der Waals surface area contributed by atoms with Crippen molar-refractivity contribution in [2.45, 2.75) is 32.7 Å². The van der Waals surface area contributed by atoms with Gasteiger partial charge in [0, 0.05) is 13.1 Å². The SMILES string of the molecule is CCC1CCN(Cc2ccc(CC(=O)O)cc2)C1. The van der Waals surface area contributed by atoms with Gasteiger partial charge in [-0.2, -0.15) is 0 Å². The van der Waals surface area contributed by atoms with Gasteiger partial charge in [-0.05, 0) is 30.0 Å². The van der Waals surface area contributed by atoms with Crippen LogP contribution in [0.4, 0.5) is 0 Å². The topological polar surface area (TPSA) is 40.5 Å². The summed E-state index contributed by atoms with van der Waals surface area (Å²) in [5.41, 5.74) is 2.15. The molecule has 18 heavy (non-hydrogen) atoms. The van der Waals surface area contributed by atoms with Gasteiger partial charge >= 0.3 is 5.97 Å². The van der Waals surface area contributed by atoms with Crippen molar-refractivity contribution >= 4 is 5.97 Å². The van der Waals surface area contributed by atoms with E-state index < -0.39 is 5.97 Å². The van der Waals surface area contributed by atoms with E-state index in [9.17, 15) is 4.79 Å². The Labute approximate surface area is 108 Å². The van der Waals surface area contributed by atoms with Gasteiger partial charge in [-0.1, -0.05) is 37.6 Å². The molecule has 1 aliphatic rings. The van der Waals surface area contributed by atoms with Gasteiger partial charge < -0.3 is 5.11 Å². The summed E-state index contributed by atoms with van der Waals surface area (Å²) in [5, 5.41) is 8.71.